The average Bonchev–Trinajstić information content (AvgIpc) is 2.15. The molecule has 4 nitrogen and oxygen atoms in total. The zero-order valence-electron chi connectivity index (χ0n) is 10.6. The molecule has 0 radical (unpaired) electrons. The topological polar surface area (TPSA) is 64.3 Å². The number of amides is 1. The Kier molecular flexibility index (Phi) is 4.59. The van der Waals surface area contributed by atoms with Gasteiger partial charge in [-0.2, -0.15) is 0 Å². The van der Waals surface area contributed by atoms with E-state index in [9.17, 15) is 4.79 Å². The third-order valence-corrected chi connectivity index (χ3v) is 2.88. The van der Waals surface area contributed by atoms with Crippen LogP contribution in [0.3, 0.4) is 0 Å². The van der Waals surface area contributed by atoms with E-state index in [-0.39, 0.29) is 17.7 Å². The summed E-state index contributed by atoms with van der Waals surface area (Å²) in [6.45, 7) is 6.42. The molecule has 1 aliphatic carbocycles. The van der Waals surface area contributed by atoms with E-state index >= 15 is 0 Å². The Balaban J connectivity index is 2.42. The van der Waals surface area contributed by atoms with Crippen LogP contribution in [0.1, 0.15) is 46.5 Å². The van der Waals surface area contributed by atoms with Gasteiger partial charge in [0.05, 0.1) is 0 Å². The van der Waals surface area contributed by atoms with E-state index in [2.05, 4.69) is 5.32 Å². The number of carbonyl (C=O) groups excluding carboxylic acids is 1. The second kappa shape index (κ2) is 5.53. The fourth-order valence-electron chi connectivity index (χ4n) is 2.07. The van der Waals surface area contributed by atoms with Crippen molar-refractivity contribution in [2.24, 2.45) is 11.7 Å². The zero-order valence-corrected chi connectivity index (χ0v) is 10.6. The van der Waals surface area contributed by atoms with Crippen LogP contribution < -0.4 is 11.1 Å². The molecule has 2 atom stereocenters. The van der Waals surface area contributed by atoms with Crippen LogP contribution in [0.25, 0.3) is 0 Å². The number of rotatable bonds is 2. The second-order valence-corrected chi connectivity index (χ2v) is 5.60. The fourth-order valence-corrected chi connectivity index (χ4v) is 2.07. The molecule has 4 heteroatoms. The first-order valence-electron chi connectivity index (χ1n) is 6.11. The highest BCUT2D eigenvalue weighted by Gasteiger charge is 2.28. The Morgan fingerprint density at radius 1 is 1.38 bits per heavy atom. The van der Waals surface area contributed by atoms with Crippen molar-refractivity contribution in [1.29, 1.82) is 0 Å². The molecule has 1 aliphatic rings. The van der Waals surface area contributed by atoms with Gasteiger partial charge in [-0.1, -0.05) is 6.42 Å². The lowest BCUT2D eigenvalue weighted by molar-refractivity contribution is 0.0366. The Morgan fingerprint density at radius 2 is 2.00 bits per heavy atom. The molecule has 0 aromatic carbocycles. The SMILES string of the molecule is CC(C)(C)NC(=O)OC1CCCCC1CN. The maximum absolute atomic E-state index is 11.6. The molecule has 0 aliphatic heterocycles. The van der Waals surface area contributed by atoms with Crippen LogP contribution >= 0.6 is 0 Å². The predicted molar refractivity (Wildman–Crippen MR) is 64.2 cm³/mol. The van der Waals surface area contributed by atoms with Gasteiger partial charge >= 0.3 is 6.09 Å². The van der Waals surface area contributed by atoms with Crippen molar-refractivity contribution >= 4 is 6.09 Å². The highest BCUT2D eigenvalue weighted by Crippen LogP contribution is 2.26. The molecule has 0 heterocycles. The highest BCUT2D eigenvalue weighted by atomic mass is 16.6. The third-order valence-electron chi connectivity index (χ3n) is 2.88. The summed E-state index contributed by atoms with van der Waals surface area (Å²) in [6, 6.07) is 0. The Hall–Kier alpha value is -0.770. The molecule has 0 aromatic heterocycles. The normalized spacial score (nSPS) is 26.2. The van der Waals surface area contributed by atoms with Crippen molar-refractivity contribution < 1.29 is 9.53 Å². The fraction of sp³-hybridized carbons (Fsp3) is 0.917. The van der Waals surface area contributed by atoms with Gasteiger partial charge in [0.2, 0.25) is 0 Å². The molecule has 94 valence electrons. The maximum Gasteiger partial charge on any atom is 0.407 e. The van der Waals surface area contributed by atoms with Crippen LogP contribution in [0, 0.1) is 5.92 Å². The van der Waals surface area contributed by atoms with E-state index in [1.54, 1.807) is 0 Å². The summed E-state index contributed by atoms with van der Waals surface area (Å²) >= 11 is 0. The summed E-state index contributed by atoms with van der Waals surface area (Å²) in [5.41, 5.74) is 5.44. The number of alkyl carbamates (subject to hydrolysis) is 1. The molecule has 2 unspecified atom stereocenters. The first kappa shape index (κ1) is 13.3. The van der Waals surface area contributed by atoms with Crippen LogP contribution in [0.5, 0.6) is 0 Å². The maximum atomic E-state index is 11.6. The van der Waals surface area contributed by atoms with Gasteiger partial charge in [0.15, 0.2) is 0 Å². The number of hydrogen-bond acceptors (Lipinski definition) is 3. The van der Waals surface area contributed by atoms with Gasteiger partial charge in [-0.3, -0.25) is 0 Å². The monoisotopic (exact) mass is 228 g/mol. The predicted octanol–water partition coefficient (Wildman–Crippen LogP) is 2.03. The van der Waals surface area contributed by atoms with E-state index in [4.69, 9.17) is 10.5 Å². The van der Waals surface area contributed by atoms with Gasteiger partial charge in [0, 0.05) is 11.5 Å². The Morgan fingerprint density at radius 3 is 2.56 bits per heavy atom. The van der Waals surface area contributed by atoms with E-state index in [0.29, 0.717) is 12.5 Å². The van der Waals surface area contributed by atoms with E-state index in [1.165, 1.54) is 6.42 Å². The molecule has 0 saturated heterocycles. The van der Waals surface area contributed by atoms with E-state index in [0.717, 1.165) is 19.3 Å². The summed E-state index contributed by atoms with van der Waals surface area (Å²) in [7, 11) is 0. The summed E-state index contributed by atoms with van der Waals surface area (Å²) in [5, 5.41) is 2.81. The van der Waals surface area contributed by atoms with Crippen LogP contribution in [-0.4, -0.2) is 24.3 Å². The smallest absolute Gasteiger partial charge is 0.407 e. The largest absolute Gasteiger partial charge is 0.446 e. The number of ether oxygens (including phenoxy) is 1. The molecule has 1 fully saturated rings. The minimum absolute atomic E-state index is 0.00102. The molecule has 1 amide bonds. The zero-order chi connectivity index (χ0) is 12.2. The quantitative estimate of drug-likeness (QED) is 0.760. The molecule has 3 N–H and O–H groups in total. The van der Waals surface area contributed by atoms with Gasteiger partial charge in [-0.05, 0) is 46.6 Å². The Bertz CT molecular complexity index is 236. The van der Waals surface area contributed by atoms with Crippen LogP contribution in [-0.2, 0) is 4.74 Å². The van der Waals surface area contributed by atoms with E-state index in [1.807, 2.05) is 20.8 Å². The van der Waals surface area contributed by atoms with Crippen molar-refractivity contribution in [3.63, 3.8) is 0 Å². The molecular formula is C12H24N2O2. The molecule has 0 bridgehead atoms. The van der Waals surface area contributed by atoms with Crippen LogP contribution in [0.2, 0.25) is 0 Å². The average molecular weight is 228 g/mol. The Labute approximate surface area is 97.9 Å². The van der Waals surface area contributed by atoms with Crippen molar-refractivity contribution in [2.45, 2.75) is 58.1 Å². The summed E-state index contributed by atoms with van der Waals surface area (Å²) in [5.74, 6) is 0.333. The van der Waals surface area contributed by atoms with Crippen LogP contribution in [0.4, 0.5) is 4.79 Å². The lowest BCUT2D eigenvalue weighted by Gasteiger charge is -2.31. The lowest BCUT2D eigenvalue weighted by atomic mass is 9.86. The number of nitrogens with two attached hydrogens (primary N) is 1. The standard InChI is InChI=1S/C12H24N2O2/c1-12(2,3)14-11(15)16-10-7-5-4-6-9(10)8-13/h9-10H,4-8,13H2,1-3H3,(H,14,15). The summed E-state index contributed by atoms with van der Waals surface area (Å²) in [4.78, 5) is 11.6. The highest BCUT2D eigenvalue weighted by molar-refractivity contribution is 5.68. The number of nitrogens with one attached hydrogen (secondary N) is 1. The number of hydrogen-bond donors (Lipinski definition) is 2. The van der Waals surface area contributed by atoms with E-state index < -0.39 is 0 Å². The molecule has 16 heavy (non-hydrogen) atoms. The van der Waals surface area contributed by atoms with Crippen molar-refractivity contribution in [3.8, 4) is 0 Å². The molecule has 1 saturated carbocycles. The van der Waals surface area contributed by atoms with Gasteiger partial charge in [0.25, 0.3) is 0 Å². The van der Waals surface area contributed by atoms with Crippen molar-refractivity contribution in [1.82, 2.24) is 5.32 Å². The minimum atomic E-state index is -0.321. The van der Waals surface area contributed by atoms with Gasteiger partial charge in [-0.15, -0.1) is 0 Å². The molecule has 1 rings (SSSR count). The van der Waals surface area contributed by atoms with Gasteiger partial charge < -0.3 is 15.8 Å². The van der Waals surface area contributed by atoms with Crippen molar-refractivity contribution in [3.05, 3.63) is 0 Å². The van der Waals surface area contributed by atoms with Crippen LogP contribution in [0.15, 0.2) is 0 Å². The van der Waals surface area contributed by atoms with Gasteiger partial charge in [0.1, 0.15) is 6.10 Å². The molecule has 0 aromatic rings. The molecule has 0 spiro atoms. The minimum Gasteiger partial charge on any atom is -0.446 e. The first-order valence-corrected chi connectivity index (χ1v) is 6.11. The van der Waals surface area contributed by atoms with Crippen molar-refractivity contribution in [2.75, 3.05) is 6.54 Å². The lowest BCUT2D eigenvalue weighted by Crippen LogP contribution is -2.44. The second-order valence-electron chi connectivity index (χ2n) is 5.60. The number of carbonyl (C=O) groups is 1. The summed E-state index contributed by atoms with van der Waals surface area (Å²) in [6.07, 6.45) is 4.02. The third kappa shape index (κ3) is 4.39. The molecular weight excluding hydrogens is 204 g/mol. The van der Waals surface area contributed by atoms with Gasteiger partial charge in [-0.25, -0.2) is 4.79 Å². The first-order chi connectivity index (χ1) is 7.42. The summed E-state index contributed by atoms with van der Waals surface area (Å²) < 4.78 is 5.44.